The number of hydrogen-bond acceptors (Lipinski definition) is 4. The van der Waals surface area contributed by atoms with E-state index in [4.69, 9.17) is 4.42 Å². The Bertz CT molecular complexity index is 1030. The number of rotatable bonds is 3. The maximum atomic E-state index is 11.5. The number of carbonyl (C=O) groups is 1. The molecular formula is C19H14N2O2. The predicted octanol–water partition coefficient (Wildman–Crippen LogP) is 4.93. The van der Waals surface area contributed by atoms with Gasteiger partial charge in [-0.1, -0.05) is 24.3 Å². The second-order valence-corrected chi connectivity index (χ2v) is 5.40. The van der Waals surface area contributed by atoms with Gasteiger partial charge in [0.25, 0.3) is 0 Å². The highest BCUT2D eigenvalue weighted by Crippen LogP contribution is 2.31. The summed E-state index contributed by atoms with van der Waals surface area (Å²) in [6.07, 6.45) is 1.66. The molecule has 0 aliphatic carbocycles. The van der Waals surface area contributed by atoms with Crippen molar-refractivity contribution in [1.29, 1.82) is 0 Å². The number of fused-ring (bicyclic) bond motifs is 3. The van der Waals surface area contributed by atoms with E-state index in [1.165, 1.54) is 0 Å². The van der Waals surface area contributed by atoms with Gasteiger partial charge in [0.15, 0.2) is 5.78 Å². The van der Waals surface area contributed by atoms with Crippen LogP contribution in [-0.4, -0.2) is 10.8 Å². The lowest BCUT2D eigenvalue weighted by Crippen LogP contribution is -1.97. The minimum atomic E-state index is 0.0357. The average Bonchev–Trinajstić information content (AvgIpc) is 3.05. The molecule has 0 unspecified atom stereocenters. The second-order valence-electron chi connectivity index (χ2n) is 5.40. The molecule has 4 nitrogen and oxygen atoms in total. The Morgan fingerprint density at radius 3 is 2.78 bits per heavy atom. The molecule has 2 aromatic heterocycles. The molecule has 0 aliphatic heterocycles. The molecule has 0 spiro atoms. The molecule has 0 fully saturated rings. The molecule has 0 radical (unpaired) electrons. The third-order valence-corrected chi connectivity index (χ3v) is 3.83. The highest BCUT2D eigenvalue weighted by atomic mass is 16.3. The summed E-state index contributed by atoms with van der Waals surface area (Å²) in [6.45, 7) is 1.56. The smallest absolute Gasteiger partial charge is 0.159 e. The van der Waals surface area contributed by atoms with Gasteiger partial charge in [-0.3, -0.25) is 4.79 Å². The fourth-order valence-electron chi connectivity index (χ4n) is 2.70. The maximum Gasteiger partial charge on any atom is 0.159 e. The molecule has 0 aliphatic rings. The number of nitrogens with one attached hydrogen (secondary N) is 1. The van der Waals surface area contributed by atoms with Crippen LogP contribution in [-0.2, 0) is 0 Å². The van der Waals surface area contributed by atoms with Crippen LogP contribution < -0.4 is 5.32 Å². The molecule has 4 heteroatoms. The molecule has 2 heterocycles. The van der Waals surface area contributed by atoms with Crippen molar-refractivity contribution in [3.8, 4) is 0 Å². The third-order valence-electron chi connectivity index (χ3n) is 3.83. The normalized spacial score (nSPS) is 11.0. The van der Waals surface area contributed by atoms with Gasteiger partial charge in [0.2, 0.25) is 0 Å². The van der Waals surface area contributed by atoms with Crippen molar-refractivity contribution >= 4 is 39.2 Å². The number of para-hydroxylation sites is 1. The van der Waals surface area contributed by atoms with Gasteiger partial charge in [-0.2, -0.15) is 0 Å². The number of Topliss-reactive ketones (excluding diaryl/α,β-unsaturated/α-hetero) is 1. The summed E-state index contributed by atoms with van der Waals surface area (Å²) in [5.74, 6) is 0.752. The zero-order valence-corrected chi connectivity index (χ0v) is 12.5. The highest BCUT2D eigenvalue weighted by Gasteiger charge is 2.11. The Hall–Kier alpha value is -3.14. The largest absolute Gasteiger partial charge is 0.463 e. The molecule has 0 saturated heterocycles. The Balaban J connectivity index is 1.86. The van der Waals surface area contributed by atoms with E-state index < -0.39 is 0 Å². The molecular weight excluding hydrogens is 288 g/mol. The van der Waals surface area contributed by atoms with E-state index in [1.54, 1.807) is 19.3 Å². The molecule has 0 atom stereocenters. The first kappa shape index (κ1) is 13.5. The SMILES string of the molecule is CC(=O)c1cccc(Nc2nc3ccccc3c3occc23)c1. The van der Waals surface area contributed by atoms with Gasteiger partial charge in [-0.15, -0.1) is 0 Å². The van der Waals surface area contributed by atoms with E-state index >= 15 is 0 Å². The summed E-state index contributed by atoms with van der Waals surface area (Å²) in [6, 6.07) is 17.1. The first-order chi connectivity index (χ1) is 11.2. The lowest BCUT2D eigenvalue weighted by atomic mass is 10.1. The van der Waals surface area contributed by atoms with E-state index in [9.17, 15) is 4.79 Å². The van der Waals surface area contributed by atoms with Gasteiger partial charge in [0, 0.05) is 16.6 Å². The topological polar surface area (TPSA) is 55.1 Å². The van der Waals surface area contributed by atoms with Crippen molar-refractivity contribution in [2.75, 3.05) is 5.32 Å². The second kappa shape index (κ2) is 5.25. The van der Waals surface area contributed by atoms with E-state index in [1.807, 2.05) is 48.5 Å². The monoisotopic (exact) mass is 302 g/mol. The number of nitrogens with zero attached hydrogens (tertiary/aromatic N) is 1. The van der Waals surface area contributed by atoms with Crippen LogP contribution in [0.15, 0.2) is 65.3 Å². The van der Waals surface area contributed by atoms with Crippen LogP contribution in [0.25, 0.3) is 21.9 Å². The summed E-state index contributed by atoms with van der Waals surface area (Å²) in [5, 5.41) is 5.19. The molecule has 4 rings (SSSR count). The van der Waals surface area contributed by atoms with Gasteiger partial charge in [0.1, 0.15) is 11.4 Å². The van der Waals surface area contributed by atoms with Crippen molar-refractivity contribution in [1.82, 2.24) is 4.98 Å². The van der Waals surface area contributed by atoms with Crippen molar-refractivity contribution < 1.29 is 9.21 Å². The number of carbonyl (C=O) groups excluding carboxylic acids is 1. The van der Waals surface area contributed by atoms with E-state index in [0.717, 1.165) is 27.6 Å². The number of ketones is 1. The zero-order chi connectivity index (χ0) is 15.8. The van der Waals surface area contributed by atoms with Crippen LogP contribution in [0, 0.1) is 0 Å². The number of benzene rings is 2. The minimum absolute atomic E-state index is 0.0357. The van der Waals surface area contributed by atoms with Crippen LogP contribution in [0.1, 0.15) is 17.3 Å². The number of furan rings is 1. The fourth-order valence-corrected chi connectivity index (χ4v) is 2.70. The van der Waals surface area contributed by atoms with Crippen molar-refractivity contribution in [3.63, 3.8) is 0 Å². The zero-order valence-electron chi connectivity index (χ0n) is 12.5. The van der Waals surface area contributed by atoms with Gasteiger partial charge >= 0.3 is 0 Å². The quantitative estimate of drug-likeness (QED) is 0.545. The van der Waals surface area contributed by atoms with E-state index in [-0.39, 0.29) is 5.78 Å². The lowest BCUT2D eigenvalue weighted by molar-refractivity contribution is 0.101. The van der Waals surface area contributed by atoms with Crippen molar-refractivity contribution in [3.05, 3.63) is 66.4 Å². The summed E-state index contributed by atoms with van der Waals surface area (Å²) in [4.78, 5) is 16.2. The van der Waals surface area contributed by atoms with Crippen LogP contribution in [0.3, 0.4) is 0 Å². The molecule has 23 heavy (non-hydrogen) atoms. The van der Waals surface area contributed by atoms with Crippen LogP contribution in [0.2, 0.25) is 0 Å². The summed E-state index contributed by atoms with van der Waals surface area (Å²) < 4.78 is 5.64. The Morgan fingerprint density at radius 1 is 1.04 bits per heavy atom. The Kier molecular flexibility index (Phi) is 3.08. The van der Waals surface area contributed by atoms with E-state index in [0.29, 0.717) is 11.4 Å². The summed E-state index contributed by atoms with van der Waals surface area (Å²) in [7, 11) is 0. The molecule has 2 aromatic carbocycles. The maximum absolute atomic E-state index is 11.5. The van der Waals surface area contributed by atoms with Gasteiger partial charge in [-0.05, 0) is 37.3 Å². The lowest BCUT2D eigenvalue weighted by Gasteiger charge is -2.09. The first-order valence-electron chi connectivity index (χ1n) is 7.36. The predicted molar refractivity (Wildman–Crippen MR) is 91.2 cm³/mol. The third kappa shape index (κ3) is 2.34. The fraction of sp³-hybridized carbons (Fsp3) is 0.0526. The van der Waals surface area contributed by atoms with Crippen LogP contribution >= 0.6 is 0 Å². The van der Waals surface area contributed by atoms with Gasteiger partial charge in [-0.25, -0.2) is 4.98 Å². The van der Waals surface area contributed by atoms with Crippen molar-refractivity contribution in [2.45, 2.75) is 6.92 Å². The average molecular weight is 302 g/mol. The van der Waals surface area contributed by atoms with Gasteiger partial charge < -0.3 is 9.73 Å². The molecule has 112 valence electrons. The Labute approximate surface area is 132 Å². The molecule has 0 amide bonds. The number of anilines is 2. The van der Waals surface area contributed by atoms with Crippen LogP contribution in [0.5, 0.6) is 0 Å². The standard InChI is InChI=1S/C19H14N2O2/c1-12(22)13-5-4-6-14(11-13)20-19-16-9-10-23-18(16)15-7-2-3-8-17(15)21-19/h2-11H,1H3,(H,20,21). The first-order valence-corrected chi connectivity index (χ1v) is 7.36. The number of pyridine rings is 1. The molecule has 4 aromatic rings. The van der Waals surface area contributed by atoms with Crippen molar-refractivity contribution in [2.24, 2.45) is 0 Å². The summed E-state index contributed by atoms with van der Waals surface area (Å²) in [5.41, 5.74) is 3.16. The van der Waals surface area contributed by atoms with Gasteiger partial charge in [0.05, 0.1) is 17.2 Å². The van der Waals surface area contributed by atoms with Crippen LogP contribution in [0.4, 0.5) is 11.5 Å². The molecule has 0 saturated carbocycles. The summed E-state index contributed by atoms with van der Waals surface area (Å²) >= 11 is 0. The highest BCUT2D eigenvalue weighted by molar-refractivity contribution is 6.07. The molecule has 1 N–H and O–H groups in total. The molecule has 0 bridgehead atoms. The number of hydrogen-bond donors (Lipinski definition) is 1. The van der Waals surface area contributed by atoms with E-state index in [2.05, 4.69) is 10.3 Å². The number of aromatic nitrogens is 1. The minimum Gasteiger partial charge on any atom is -0.463 e. The Morgan fingerprint density at radius 2 is 1.91 bits per heavy atom.